The van der Waals surface area contributed by atoms with Gasteiger partial charge in [-0.2, -0.15) is 0 Å². The molecule has 7 nitrogen and oxygen atoms in total. The molecule has 4 atom stereocenters. The first-order chi connectivity index (χ1) is 16.9. The molecule has 0 bridgehead atoms. The van der Waals surface area contributed by atoms with Crippen molar-refractivity contribution in [2.45, 2.75) is 56.9 Å². The zero-order valence-corrected chi connectivity index (χ0v) is 20.0. The zero-order chi connectivity index (χ0) is 24.0. The summed E-state index contributed by atoms with van der Waals surface area (Å²) in [6, 6.07) is 5.52. The number of aryl methyl sites for hydroxylation is 1. The standard InChI is InChI=1S/C25H25F2N5O2S/c1-11-2-5-15-21(28)23(35-25(15)29-11)24(33)30-12-6-16-17(26)8-18(20(27)22(16)34-10-12)31-9-14-4-3-13-7-19(31)32(13)14/h2,5,8,12-14,19H,3-4,6-7,9-10,28H2,1H3,(H,30,33)/t12-,13?,14?,19?/m0/s1. The van der Waals surface area contributed by atoms with E-state index in [4.69, 9.17) is 10.5 Å². The lowest BCUT2D eigenvalue weighted by Gasteiger charge is -2.45. The topological polar surface area (TPSA) is 83.7 Å². The SMILES string of the molecule is Cc1ccc2c(N)c(C(=O)N[C@@H]3COc4c(F)c(N5CC6CCC7CC5N76)cc(F)c4C3)sc2n1. The molecule has 7 rings (SSSR count). The molecule has 3 saturated heterocycles. The normalized spacial score (nSPS) is 26.9. The molecule has 0 spiro atoms. The number of aromatic nitrogens is 1. The van der Waals surface area contributed by atoms with Gasteiger partial charge in [0, 0.05) is 47.8 Å². The van der Waals surface area contributed by atoms with Crippen molar-refractivity contribution >= 4 is 38.8 Å². The molecule has 0 saturated carbocycles. The Morgan fingerprint density at radius 1 is 1.29 bits per heavy atom. The van der Waals surface area contributed by atoms with Crippen LogP contribution in [-0.2, 0) is 6.42 Å². The Morgan fingerprint density at radius 2 is 2.11 bits per heavy atom. The van der Waals surface area contributed by atoms with Crippen molar-refractivity contribution in [1.29, 1.82) is 0 Å². The van der Waals surface area contributed by atoms with E-state index in [1.807, 2.05) is 24.0 Å². The summed E-state index contributed by atoms with van der Waals surface area (Å²) in [5.74, 6) is -1.41. The summed E-state index contributed by atoms with van der Waals surface area (Å²) in [5.41, 5.74) is 7.86. The van der Waals surface area contributed by atoms with Crippen molar-refractivity contribution < 1.29 is 18.3 Å². The van der Waals surface area contributed by atoms with Crippen molar-refractivity contribution in [3.63, 3.8) is 0 Å². The summed E-state index contributed by atoms with van der Waals surface area (Å²) in [5, 5.41) is 3.61. The van der Waals surface area contributed by atoms with E-state index < -0.39 is 17.7 Å². The van der Waals surface area contributed by atoms with Gasteiger partial charge in [0.25, 0.3) is 5.91 Å². The summed E-state index contributed by atoms with van der Waals surface area (Å²) in [4.78, 5) is 22.9. The van der Waals surface area contributed by atoms with Gasteiger partial charge in [-0.1, -0.05) is 0 Å². The Morgan fingerprint density at radius 3 is 2.94 bits per heavy atom. The van der Waals surface area contributed by atoms with Crippen LogP contribution in [0.2, 0.25) is 0 Å². The number of nitrogen functional groups attached to an aromatic ring is 1. The maximum Gasteiger partial charge on any atom is 0.263 e. The number of anilines is 2. The minimum atomic E-state index is -0.508. The number of pyridine rings is 1. The molecule has 4 aliphatic heterocycles. The van der Waals surface area contributed by atoms with Gasteiger partial charge in [-0.25, -0.2) is 13.8 Å². The smallest absolute Gasteiger partial charge is 0.263 e. The van der Waals surface area contributed by atoms with Crippen LogP contribution in [0.4, 0.5) is 20.2 Å². The molecular weight excluding hydrogens is 472 g/mol. The Bertz CT molecular complexity index is 1390. The number of amides is 1. The molecular formula is C25H25F2N5O2S. The van der Waals surface area contributed by atoms with Crippen molar-refractivity contribution in [3.05, 3.63) is 46.0 Å². The van der Waals surface area contributed by atoms with Crippen LogP contribution in [0.1, 0.15) is 40.2 Å². The number of ether oxygens (including phenoxy) is 1. The predicted octanol–water partition coefficient (Wildman–Crippen LogP) is 3.58. The molecule has 2 aromatic heterocycles. The number of nitrogens with two attached hydrogens (primary N) is 1. The van der Waals surface area contributed by atoms with Gasteiger partial charge in [0.1, 0.15) is 22.1 Å². The number of fused-ring (bicyclic) bond motifs is 2. The molecule has 6 heterocycles. The van der Waals surface area contributed by atoms with Crippen LogP contribution in [0.5, 0.6) is 5.75 Å². The van der Waals surface area contributed by atoms with E-state index in [1.165, 1.54) is 23.8 Å². The van der Waals surface area contributed by atoms with Crippen LogP contribution in [-0.4, -0.2) is 53.2 Å². The van der Waals surface area contributed by atoms with E-state index in [0.29, 0.717) is 27.5 Å². The van der Waals surface area contributed by atoms with Gasteiger partial charge in [0.15, 0.2) is 11.6 Å². The molecule has 10 heteroatoms. The highest BCUT2D eigenvalue weighted by Gasteiger charge is 2.55. The van der Waals surface area contributed by atoms with E-state index >= 15 is 8.78 Å². The monoisotopic (exact) mass is 497 g/mol. The first kappa shape index (κ1) is 21.3. The number of halogens is 2. The Balaban J connectivity index is 1.12. The Kier molecular flexibility index (Phi) is 4.57. The number of nitrogens with zero attached hydrogens (tertiary/aromatic N) is 3. The van der Waals surface area contributed by atoms with E-state index in [-0.39, 0.29) is 42.1 Å². The Hall–Kier alpha value is -2.98. The number of carbonyl (C=O) groups is 1. The van der Waals surface area contributed by atoms with Crippen molar-refractivity contribution in [1.82, 2.24) is 15.2 Å². The molecule has 1 amide bonds. The zero-order valence-electron chi connectivity index (χ0n) is 19.2. The number of hydrogen-bond donors (Lipinski definition) is 2. The highest BCUT2D eigenvalue weighted by atomic mass is 32.1. The summed E-state index contributed by atoms with van der Waals surface area (Å²) in [7, 11) is 0. The minimum absolute atomic E-state index is 0.0329. The number of carbonyl (C=O) groups excluding carboxylic acids is 1. The molecule has 0 radical (unpaired) electrons. The van der Waals surface area contributed by atoms with Crippen LogP contribution in [0, 0.1) is 18.6 Å². The largest absolute Gasteiger partial charge is 0.488 e. The van der Waals surface area contributed by atoms with Gasteiger partial charge in [0.2, 0.25) is 0 Å². The molecule has 1 aromatic carbocycles. The van der Waals surface area contributed by atoms with Gasteiger partial charge < -0.3 is 20.7 Å². The third kappa shape index (κ3) is 3.09. The van der Waals surface area contributed by atoms with Crippen molar-refractivity contribution in [2.24, 2.45) is 0 Å². The fourth-order valence-electron chi connectivity index (χ4n) is 6.28. The molecule has 3 fully saturated rings. The lowest BCUT2D eigenvalue weighted by atomic mass is 9.97. The lowest BCUT2D eigenvalue weighted by molar-refractivity contribution is 0.0642. The summed E-state index contributed by atoms with van der Waals surface area (Å²) >= 11 is 1.22. The maximum absolute atomic E-state index is 15.6. The highest BCUT2D eigenvalue weighted by Crippen LogP contribution is 2.49. The number of benzene rings is 1. The van der Waals surface area contributed by atoms with Gasteiger partial charge >= 0.3 is 0 Å². The second kappa shape index (κ2) is 7.51. The third-order valence-corrected chi connectivity index (χ3v) is 9.10. The van der Waals surface area contributed by atoms with E-state index in [1.54, 1.807) is 0 Å². The summed E-state index contributed by atoms with van der Waals surface area (Å²) in [6.07, 6.45) is 3.62. The van der Waals surface area contributed by atoms with Crippen LogP contribution >= 0.6 is 11.3 Å². The van der Waals surface area contributed by atoms with Crippen LogP contribution < -0.4 is 20.7 Å². The van der Waals surface area contributed by atoms with Crippen LogP contribution in [0.3, 0.4) is 0 Å². The van der Waals surface area contributed by atoms with Crippen molar-refractivity contribution in [3.8, 4) is 5.75 Å². The number of hydrogen-bond acceptors (Lipinski definition) is 7. The molecule has 3 N–H and O–H groups in total. The van der Waals surface area contributed by atoms with Gasteiger partial charge in [-0.05, 0) is 38.3 Å². The van der Waals surface area contributed by atoms with Gasteiger partial charge in [0.05, 0.1) is 23.6 Å². The Labute approximate surface area is 204 Å². The van der Waals surface area contributed by atoms with E-state index in [9.17, 15) is 4.79 Å². The molecule has 0 aliphatic carbocycles. The third-order valence-electron chi connectivity index (χ3n) is 7.98. The number of nitrogens with one attached hydrogen (secondary N) is 1. The van der Waals surface area contributed by atoms with E-state index in [2.05, 4.69) is 15.2 Å². The fraction of sp³-hybridized carbons (Fsp3) is 0.440. The summed E-state index contributed by atoms with van der Waals surface area (Å²) in [6.45, 7) is 2.65. The highest BCUT2D eigenvalue weighted by molar-refractivity contribution is 7.21. The van der Waals surface area contributed by atoms with Gasteiger partial charge in [-0.15, -0.1) is 11.3 Å². The number of thiophene rings is 1. The first-order valence-electron chi connectivity index (χ1n) is 12.0. The summed E-state index contributed by atoms with van der Waals surface area (Å²) < 4.78 is 36.5. The minimum Gasteiger partial charge on any atom is -0.488 e. The average Bonchev–Trinajstić information content (AvgIpc) is 3.40. The maximum atomic E-state index is 15.6. The first-order valence-corrected chi connectivity index (χ1v) is 12.8. The molecule has 3 aromatic rings. The molecule has 182 valence electrons. The average molecular weight is 498 g/mol. The lowest BCUT2D eigenvalue weighted by Crippen LogP contribution is -2.55. The fourth-order valence-corrected chi connectivity index (χ4v) is 7.33. The van der Waals surface area contributed by atoms with Crippen LogP contribution in [0.15, 0.2) is 18.2 Å². The second-order valence-electron chi connectivity index (χ2n) is 10.0. The van der Waals surface area contributed by atoms with Crippen LogP contribution in [0.25, 0.3) is 10.2 Å². The predicted molar refractivity (Wildman–Crippen MR) is 130 cm³/mol. The molecule has 4 aliphatic rings. The molecule has 3 unspecified atom stereocenters. The number of rotatable bonds is 3. The molecule has 35 heavy (non-hydrogen) atoms. The van der Waals surface area contributed by atoms with Gasteiger partial charge in [-0.3, -0.25) is 9.69 Å². The van der Waals surface area contributed by atoms with E-state index in [0.717, 1.165) is 30.5 Å². The second-order valence-corrected chi connectivity index (χ2v) is 11.0. The van der Waals surface area contributed by atoms with Crippen molar-refractivity contribution in [2.75, 3.05) is 23.8 Å². The quantitative estimate of drug-likeness (QED) is 0.576.